The highest BCUT2D eigenvalue weighted by atomic mass is 35.5. The molecule has 200 valence electrons. The molecule has 0 radical (unpaired) electrons. The average molecular weight is 580 g/mol. The second-order valence-electron chi connectivity index (χ2n) is 7.80. The van der Waals surface area contributed by atoms with Crippen LogP contribution in [-0.4, -0.2) is 63.4 Å². The van der Waals surface area contributed by atoms with Gasteiger partial charge in [-0.25, -0.2) is 14.2 Å². The predicted molar refractivity (Wildman–Crippen MR) is 130 cm³/mol. The van der Waals surface area contributed by atoms with Crippen molar-refractivity contribution in [2.75, 3.05) is 12.4 Å². The van der Waals surface area contributed by atoms with Gasteiger partial charge < -0.3 is 10.6 Å². The first-order chi connectivity index (χ1) is 18.6. The summed E-state index contributed by atoms with van der Waals surface area (Å²) in [6.07, 6.45) is -1.93. The number of anilines is 1. The Hall–Kier alpha value is -4.57. The Labute approximate surface area is 225 Å². The van der Waals surface area contributed by atoms with E-state index >= 15 is 0 Å². The van der Waals surface area contributed by atoms with Gasteiger partial charge in [0.05, 0.1) is 33.1 Å². The number of carbonyl (C=O) groups is 2. The minimum Gasteiger partial charge on any atom is -0.354 e. The molecule has 5 heterocycles. The van der Waals surface area contributed by atoms with Crippen LogP contribution in [0.15, 0.2) is 42.7 Å². The van der Waals surface area contributed by atoms with E-state index in [0.29, 0.717) is 10.3 Å². The summed E-state index contributed by atoms with van der Waals surface area (Å²) >= 11 is 12.7. The quantitative estimate of drug-likeness (QED) is 0.312. The van der Waals surface area contributed by atoms with Crippen LogP contribution >= 0.6 is 23.2 Å². The van der Waals surface area contributed by atoms with Gasteiger partial charge in [0.2, 0.25) is 0 Å². The Morgan fingerprint density at radius 2 is 1.85 bits per heavy atom. The summed E-state index contributed by atoms with van der Waals surface area (Å²) in [5.74, 6) is -2.76. The summed E-state index contributed by atoms with van der Waals surface area (Å²) in [5.41, 5.74) is 0.343. The van der Waals surface area contributed by atoms with Crippen molar-refractivity contribution in [3.05, 3.63) is 75.7 Å². The molecule has 0 aromatic carbocycles. The molecule has 0 bridgehead atoms. The van der Waals surface area contributed by atoms with Crippen molar-refractivity contribution in [3.63, 3.8) is 0 Å². The van der Waals surface area contributed by atoms with Gasteiger partial charge in [0, 0.05) is 13.2 Å². The van der Waals surface area contributed by atoms with Gasteiger partial charge in [-0.05, 0) is 35.5 Å². The molecule has 2 N–H and O–H groups in total. The van der Waals surface area contributed by atoms with E-state index < -0.39 is 23.8 Å². The molecular weight excluding hydrogens is 566 g/mol. The third-order valence-electron chi connectivity index (χ3n) is 5.26. The molecule has 5 aromatic rings. The van der Waals surface area contributed by atoms with E-state index in [1.807, 2.05) is 0 Å². The topological polar surface area (TPSA) is 150 Å². The fourth-order valence-electron chi connectivity index (χ4n) is 3.59. The van der Waals surface area contributed by atoms with Gasteiger partial charge in [-0.3, -0.25) is 9.59 Å². The van der Waals surface area contributed by atoms with Crippen molar-refractivity contribution >= 4 is 46.2 Å². The van der Waals surface area contributed by atoms with Gasteiger partial charge in [0.25, 0.3) is 17.6 Å². The fourth-order valence-corrected chi connectivity index (χ4v) is 4.04. The summed E-state index contributed by atoms with van der Waals surface area (Å²) in [6.45, 7) is -0.371. The molecule has 0 aliphatic heterocycles. The van der Waals surface area contributed by atoms with E-state index in [1.54, 1.807) is 12.1 Å². The molecule has 0 spiro atoms. The number of nitrogens with zero attached hydrogens (tertiary/aromatic N) is 9. The second-order valence-corrected chi connectivity index (χ2v) is 8.61. The second kappa shape index (κ2) is 9.95. The predicted octanol–water partition coefficient (Wildman–Crippen LogP) is 2.89. The van der Waals surface area contributed by atoms with Crippen LogP contribution in [0, 0.1) is 0 Å². The molecule has 0 aliphatic rings. The Morgan fingerprint density at radius 3 is 2.54 bits per heavy atom. The van der Waals surface area contributed by atoms with E-state index in [2.05, 4.69) is 41.2 Å². The zero-order chi connectivity index (χ0) is 27.9. The van der Waals surface area contributed by atoms with Crippen molar-refractivity contribution in [3.8, 4) is 5.82 Å². The van der Waals surface area contributed by atoms with Crippen LogP contribution in [0.3, 0.4) is 0 Å². The zero-order valence-electron chi connectivity index (χ0n) is 19.5. The lowest BCUT2D eigenvalue weighted by molar-refractivity contribution is -0.145. The average Bonchev–Trinajstić information content (AvgIpc) is 3.64. The van der Waals surface area contributed by atoms with Crippen LogP contribution in [0.5, 0.6) is 0 Å². The first-order valence-corrected chi connectivity index (χ1v) is 11.6. The van der Waals surface area contributed by atoms with E-state index in [9.17, 15) is 22.8 Å². The lowest BCUT2D eigenvalue weighted by atomic mass is 10.2. The number of halogens is 5. The van der Waals surface area contributed by atoms with Crippen molar-refractivity contribution in [2.24, 2.45) is 0 Å². The van der Waals surface area contributed by atoms with E-state index in [4.69, 9.17) is 23.2 Å². The van der Waals surface area contributed by atoms with E-state index in [0.717, 1.165) is 4.68 Å². The molecule has 0 saturated heterocycles. The standard InChI is InChI=1S/C21H14Cl2F3N11O2/c1-27-19(39)16-15(13(23)8-11-4-6-29-36(11)16)30-18(38)14-7-10(9-35-33-20(31-34-35)21(24,25)26)32-37(14)17-12(22)3-2-5-28-17/h2-8H,9H2,1H3,(H,27,39)(H,30,38). The third kappa shape index (κ3) is 4.98. The van der Waals surface area contributed by atoms with Crippen molar-refractivity contribution in [2.45, 2.75) is 12.7 Å². The third-order valence-corrected chi connectivity index (χ3v) is 5.85. The number of aromatic nitrogens is 9. The minimum absolute atomic E-state index is 0.0450. The van der Waals surface area contributed by atoms with Gasteiger partial charge in [0.15, 0.2) is 11.5 Å². The molecule has 39 heavy (non-hydrogen) atoms. The molecule has 5 rings (SSSR count). The van der Waals surface area contributed by atoms with Gasteiger partial charge >= 0.3 is 6.18 Å². The molecule has 0 saturated carbocycles. The number of rotatable bonds is 6. The van der Waals surface area contributed by atoms with Crippen LogP contribution in [0.2, 0.25) is 10.0 Å². The van der Waals surface area contributed by atoms with Crippen LogP contribution < -0.4 is 10.6 Å². The monoisotopic (exact) mass is 579 g/mol. The lowest BCUT2D eigenvalue weighted by Gasteiger charge is -2.14. The van der Waals surface area contributed by atoms with Crippen molar-refractivity contribution < 1.29 is 22.8 Å². The molecule has 5 aromatic heterocycles. The first-order valence-electron chi connectivity index (χ1n) is 10.8. The van der Waals surface area contributed by atoms with Gasteiger partial charge in [0.1, 0.15) is 12.2 Å². The Balaban J connectivity index is 1.57. The summed E-state index contributed by atoms with van der Waals surface area (Å²) in [7, 11) is 1.40. The number of pyridine rings is 2. The maximum atomic E-state index is 13.5. The van der Waals surface area contributed by atoms with Gasteiger partial charge in [-0.1, -0.05) is 23.2 Å². The molecule has 18 heteroatoms. The number of hydrogen-bond donors (Lipinski definition) is 2. The van der Waals surface area contributed by atoms with E-state index in [1.165, 1.54) is 42.2 Å². The van der Waals surface area contributed by atoms with Crippen LogP contribution in [0.25, 0.3) is 11.3 Å². The maximum absolute atomic E-state index is 13.5. The number of amides is 2. The van der Waals surface area contributed by atoms with Crippen LogP contribution in [0.1, 0.15) is 32.5 Å². The number of alkyl halides is 3. The molecule has 0 unspecified atom stereocenters. The number of hydrogen-bond acceptors (Lipinski definition) is 8. The SMILES string of the molecule is CNC(=O)c1c(NC(=O)c2cc(Cn3nnc(C(F)(F)F)n3)nn2-c2ncccc2Cl)c(Cl)cc2ccnn12. The number of nitrogens with one attached hydrogen (secondary N) is 2. The summed E-state index contributed by atoms with van der Waals surface area (Å²) in [5, 5.41) is 23.3. The molecule has 2 amide bonds. The highest BCUT2D eigenvalue weighted by molar-refractivity contribution is 6.35. The normalized spacial score (nSPS) is 11.6. The van der Waals surface area contributed by atoms with E-state index in [-0.39, 0.29) is 45.2 Å². The van der Waals surface area contributed by atoms with Crippen molar-refractivity contribution in [1.82, 2.24) is 49.9 Å². The molecule has 0 atom stereocenters. The highest BCUT2D eigenvalue weighted by Gasteiger charge is 2.37. The number of tetrazole rings is 1. The van der Waals surface area contributed by atoms with Crippen molar-refractivity contribution in [1.29, 1.82) is 0 Å². The summed E-state index contributed by atoms with van der Waals surface area (Å²) in [6, 6.07) is 7.47. The van der Waals surface area contributed by atoms with Crippen LogP contribution in [0.4, 0.5) is 18.9 Å². The largest absolute Gasteiger partial charge is 0.455 e. The number of carbonyl (C=O) groups excluding carboxylic acids is 2. The smallest absolute Gasteiger partial charge is 0.354 e. The van der Waals surface area contributed by atoms with Gasteiger partial charge in [-0.2, -0.15) is 28.2 Å². The number of fused-ring (bicyclic) bond motifs is 1. The summed E-state index contributed by atoms with van der Waals surface area (Å²) < 4.78 is 41.1. The molecule has 0 aliphatic carbocycles. The lowest BCUT2D eigenvalue weighted by Crippen LogP contribution is -2.26. The highest BCUT2D eigenvalue weighted by Crippen LogP contribution is 2.30. The molecule has 0 fully saturated rings. The Bertz CT molecular complexity index is 1730. The Kier molecular flexibility index (Phi) is 6.65. The first kappa shape index (κ1) is 26.1. The fraction of sp³-hybridized carbons (Fsp3) is 0.143. The molecule has 13 nitrogen and oxygen atoms in total. The maximum Gasteiger partial charge on any atom is 0.455 e. The molecular formula is C21H14Cl2F3N11O2. The van der Waals surface area contributed by atoms with Crippen LogP contribution in [-0.2, 0) is 12.7 Å². The zero-order valence-corrected chi connectivity index (χ0v) is 21.0. The summed E-state index contributed by atoms with van der Waals surface area (Å²) in [4.78, 5) is 31.1. The van der Waals surface area contributed by atoms with Gasteiger partial charge in [-0.15, -0.1) is 10.2 Å². The minimum atomic E-state index is -4.79. The Morgan fingerprint density at radius 1 is 1.05 bits per heavy atom.